The molecule has 2 fully saturated rings. The monoisotopic (exact) mass is 446 g/mol. The van der Waals surface area contributed by atoms with Gasteiger partial charge in [-0.25, -0.2) is 13.6 Å². The van der Waals surface area contributed by atoms with Crippen LogP contribution in [-0.4, -0.2) is 58.1 Å². The zero-order chi connectivity index (χ0) is 22.8. The molecule has 1 saturated carbocycles. The van der Waals surface area contributed by atoms with Gasteiger partial charge in [-0.2, -0.15) is 5.10 Å². The van der Waals surface area contributed by atoms with Crippen molar-refractivity contribution in [1.29, 1.82) is 0 Å². The van der Waals surface area contributed by atoms with E-state index in [0.29, 0.717) is 24.6 Å². The van der Waals surface area contributed by atoms with Crippen molar-refractivity contribution in [3.63, 3.8) is 0 Å². The summed E-state index contributed by atoms with van der Waals surface area (Å²) in [6, 6.07) is 4.09. The molecule has 2 aromatic rings. The third-order valence-corrected chi connectivity index (χ3v) is 6.77. The molecule has 1 aromatic heterocycles. The Labute approximate surface area is 183 Å². The highest BCUT2D eigenvalue weighted by atomic mass is 19.3. The number of benzene rings is 1. The number of hydrogen-bond acceptors (Lipinski definition) is 4. The maximum atomic E-state index is 13.7. The fourth-order valence-corrected chi connectivity index (χ4v) is 5.15. The summed E-state index contributed by atoms with van der Waals surface area (Å²) in [6.07, 6.45) is 1.58. The van der Waals surface area contributed by atoms with Gasteiger partial charge in [0.1, 0.15) is 0 Å². The van der Waals surface area contributed by atoms with Crippen LogP contribution in [0.3, 0.4) is 0 Å². The zero-order valence-corrected chi connectivity index (χ0v) is 17.7. The number of rotatable bonds is 3. The molecule has 1 unspecified atom stereocenters. The summed E-state index contributed by atoms with van der Waals surface area (Å²) in [4.78, 5) is 27.6. The average Bonchev–Trinajstić information content (AvgIpc) is 3.12. The Morgan fingerprint density at radius 1 is 1.16 bits per heavy atom. The largest absolute Gasteiger partial charge is 0.465 e. The van der Waals surface area contributed by atoms with E-state index in [1.165, 1.54) is 16.7 Å². The second-order valence-electron chi connectivity index (χ2n) is 8.90. The summed E-state index contributed by atoms with van der Waals surface area (Å²) in [6.45, 7) is 4.32. The standard InChI is InChI=1S/C22H24F2N4O4/c1-12-20(15-6-22(23,24)7-15)28(21(30)31)19-5-14(3-4-18(19)27(12)13(2)29)16-8-25-26(9-16)17-10-32-11-17/h3-5,8-9,12,15,17,20H,6-7,10-11H2,1-2H3,(H,30,31)/t12-,20?/m0/s1. The number of carboxylic acid groups (broad SMARTS) is 1. The van der Waals surface area contributed by atoms with Gasteiger partial charge in [-0.15, -0.1) is 0 Å². The number of aromatic nitrogens is 2. The first-order chi connectivity index (χ1) is 15.2. The van der Waals surface area contributed by atoms with Gasteiger partial charge in [-0.05, 0) is 30.5 Å². The molecule has 5 rings (SSSR count). The van der Waals surface area contributed by atoms with Crippen LogP contribution in [0.1, 0.15) is 32.7 Å². The molecule has 8 nitrogen and oxygen atoms in total. The molecule has 2 amide bonds. The van der Waals surface area contributed by atoms with Gasteiger partial charge in [0.05, 0.1) is 48.9 Å². The van der Waals surface area contributed by atoms with Crippen molar-refractivity contribution in [3.05, 3.63) is 30.6 Å². The van der Waals surface area contributed by atoms with Crippen LogP contribution in [0.4, 0.5) is 25.0 Å². The van der Waals surface area contributed by atoms with E-state index in [4.69, 9.17) is 4.74 Å². The molecular weight excluding hydrogens is 422 g/mol. The Morgan fingerprint density at radius 3 is 2.44 bits per heavy atom. The molecule has 0 spiro atoms. The molecule has 1 aromatic carbocycles. The van der Waals surface area contributed by atoms with Crippen molar-refractivity contribution in [1.82, 2.24) is 9.78 Å². The smallest absolute Gasteiger partial charge is 0.412 e. The summed E-state index contributed by atoms with van der Waals surface area (Å²) in [5.74, 6) is -3.58. The first kappa shape index (κ1) is 20.9. The molecule has 3 aliphatic rings. The minimum Gasteiger partial charge on any atom is -0.465 e. The van der Waals surface area contributed by atoms with Gasteiger partial charge >= 0.3 is 6.09 Å². The van der Waals surface area contributed by atoms with Crippen LogP contribution in [0.15, 0.2) is 30.6 Å². The molecular formula is C22H24F2N4O4. The highest BCUT2D eigenvalue weighted by molar-refractivity contribution is 6.03. The van der Waals surface area contributed by atoms with Crippen LogP contribution in [0.25, 0.3) is 11.1 Å². The number of fused-ring (bicyclic) bond motifs is 1. The third-order valence-electron chi connectivity index (χ3n) is 6.77. The number of alkyl halides is 2. The number of anilines is 2. The zero-order valence-electron chi connectivity index (χ0n) is 17.7. The fourth-order valence-electron chi connectivity index (χ4n) is 5.15. The highest BCUT2D eigenvalue weighted by Gasteiger charge is 2.55. The molecule has 3 heterocycles. The fraction of sp³-hybridized carbons (Fsp3) is 0.500. The van der Waals surface area contributed by atoms with Crippen molar-refractivity contribution in [2.45, 2.75) is 50.7 Å². The number of ether oxygens (including phenoxy) is 1. The van der Waals surface area contributed by atoms with Crippen molar-refractivity contribution in [2.75, 3.05) is 23.0 Å². The summed E-state index contributed by atoms with van der Waals surface area (Å²) in [5.41, 5.74) is 2.31. The number of halogens is 2. The van der Waals surface area contributed by atoms with Gasteiger partial charge in [0.2, 0.25) is 11.8 Å². The van der Waals surface area contributed by atoms with Crippen LogP contribution in [0.2, 0.25) is 0 Å². The van der Waals surface area contributed by atoms with E-state index in [1.807, 2.05) is 16.9 Å². The molecule has 10 heteroatoms. The second kappa shape index (κ2) is 7.26. The molecule has 32 heavy (non-hydrogen) atoms. The van der Waals surface area contributed by atoms with Gasteiger partial charge in [0.15, 0.2) is 0 Å². The lowest BCUT2D eigenvalue weighted by Crippen LogP contribution is -2.63. The van der Waals surface area contributed by atoms with Crippen LogP contribution in [0.5, 0.6) is 0 Å². The van der Waals surface area contributed by atoms with Crippen LogP contribution < -0.4 is 9.80 Å². The lowest BCUT2D eigenvalue weighted by molar-refractivity contribution is -0.121. The second-order valence-corrected chi connectivity index (χ2v) is 8.90. The molecule has 2 atom stereocenters. The molecule has 1 aliphatic carbocycles. The topological polar surface area (TPSA) is 87.9 Å². The Kier molecular flexibility index (Phi) is 4.74. The minimum atomic E-state index is -2.79. The number of amides is 2. The Bertz CT molecular complexity index is 1080. The number of carbonyl (C=O) groups is 2. The van der Waals surface area contributed by atoms with Crippen LogP contribution in [0, 0.1) is 5.92 Å². The minimum absolute atomic E-state index is 0.176. The van der Waals surface area contributed by atoms with E-state index in [2.05, 4.69) is 5.10 Å². The highest BCUT2D eigenvalue weighted by Crippen LogP contribution is 2.51. The van der Waals surface area contributed by atoms with Gasteiger partial charge in [-0.1, -0.05) is 6.07 Å². The molecule has 0 bridgehead atoms. The molecule has 1 N–H and O–H groups in total. The lowest BCUT2D eigenvalue weighted by atomic mass is 9.72. The Hall–Kier alpha value is -3.01. The molecule has 1 saturated heterocycles. The van der Waals surface area contributed by atoms with Crippen molar-refractivity contribution >= 4 is 23.4 Å². The first-order valence-corrected chi connectivity index (χ1v) is 10.6. The summed E-state index contributed by atoms with van der Waals surface area (Å²) in [7, 11) is 0. The van der Waals surface area contributed by atoms with Gasteiger partial charge in [-0.3, -0.25) is 14.4 Å². The predicted octanol–water partition coefficient (Wildman–Crippen LogP) is 3.77. The van der Waals surface area contributed by atoms with Gasteiger partial charge in [0, 0.05) is 31.5 Å². The van der Waals surface area contributed by atoms with Crippen LogP contribution >= 0.6 is 0 Å². The predicted molar refractivity (Wildman–Crippen MR) is 112 cm³/mol. The number of carbonyl (C=O) groups excluding carboxylic acids is 1. The van der Waals surface area contributed by atoms with Gasteiger partial charge in [0.25, 0.3) is 0 Å². The van der Waals surface area contributed by atoms with Gasteiger partial charge < -0.3 is 14.7 Å². The van der Waals surface area contributed by atoms with Crippen molar-refractivity contribution in [3.8, 4) is 11.1 Å². The van der Waals surface area contributed by atoms with E-state index in [1.54, 1.807) is 25.3 Å². The quantitative estimate of drug-likeness (QED) is 0.776. The first-order valence-electron chi connectivity index (χ1n) is 10.6. The maximum absolute atomic E-state index is 13.7. The number of hydrogen-bond donors (Lipinski definition) is 1. The van der Waals surface area contributed by atoms with Crippen molar-refractivity contribution < 1.29 is 28.2 Å². The summed E-state index contributed by atoms with van der Waals surface area (Å²) < 4.78 is 34.4. The number of nitrogens with zero attached hydrogens (tertiary/aromatic N) is 4. The van der Waals surface area contributed by atoms with E-state index >= 15 is 0 Å². The van der Waals surface area contributed by atoms with E-state index in [0.717, 1.165) is 11.1 Å². The third kappa shape index (κ3) is 3.24. The Morgan fingerprint density at radius 2 is 1.88 bits per heavy atom. The normalized spacial score (nSPS) is 25.1. The van der Waals surface area contributed by atoms with E-state index < -0.39 is 30.0 Å². The van der Waals surface area contributed by atoms with E-state index in [-0.39, 0.29) is 24.8 Å². The SMILES string of the molecule is CC(=O)N1c2ccc(-c3cnn(C4COC4)c3)cc2N(C(=O)O)C(C2CC(F)(F)C2)[C@@H]1C. The Balaban J connectivity index is 1.58. The van der Waals surface area contributed by atoms with E-state index in [9.17, 15) is 23.5 Å². The van der Waals surface area contributed by atoms with Crippen LogP contribution in [-0.2, 0) is 9.53 Å². The molecule has 0 radical (unpaired) electrons. The summed E-state index contributed by atoms with van der Waals surface area (Å²) >= 11 is 0. The van der Waals surface area contributed by atoms with Crippen molar-refractivity contribution in [2.24, 2.45) is 5.92 Å². The molecule has 170 valence electrons. The average molecular weight is 446 g/mol. The maximum Gasteiger partial charge on any atom is 0.412 e. The molecule has 2 aliphatic heterocycles. The summed E-state index contributed by atoms with van der Waals surface area (Å²) in [5, 5.41) is 14.5. The lowest BCUT2D eigenvalue weighted by Gasteiger charge is -2.52.